The van der Waals surface area contributed by atoms with E-state index in [1.807, 2.05) is 20.8 Å². The van der Waals surface area contributed by atoms with Gasteiger partial charge in [-0.05, 0) is 12.3 Å². The summed E-state index contributed by atoms with van der Waals surface area (Å²) in [5.41, 5.74) is 0.393. The van der Waals surface area contributed by atoms with Crippen LogP contribution in [0.3, 0.4) is 0 Å². The van der Waals surface area contributed by atoms with Crippen LogP contribution in [0.4, 0.5) is 10.2 Å². The first-order valence-corrected chi connectivity index (χ1v) is 6.55. The molecule has 0 bridgehead atoms. The van der Waals surface area contributed by atoms with Gasteiger partial charge in [-0.3, -0.25) is 0 Å². The Labute approximate surface area is 108 Å². The van der Waals surface area contributed by atoms with E-state index in [0.717, 1.165) is 12.8 Å². The predicted octanol–water partition coefficient (Wildman–Crippen LogP) is 2.39. The van der Waals surface area contributed by atoms with E-state index in [0.29, 0.717) is 18.7 Å². The SMILES string of the molecule is CCc1ncnc(NCC(O)C(CC)CC)c1F. The zero-order valence-corrected chi connectivity index (χ0v) is 11.3. The van der Waals surface area contributed by atoms with Crippen molar-refractivity contribution >= 4 is 5.82 Å². The summed E-state index contributed by atoms with van der Waals surface area (Å²) < 4.78 is 13.8. The number of nitrogens with zero attached hydrogens (tertiary/aromatic N) is 2. The first-order valence-electron chi connectivity index (χ1n) is 6.55. The van der Waals surface area contributed by atoms with E-state index in [2.05, 4.69) is 15.3 Å². The summed E-state index contributed by atoms with van der Waals surface area (Å²) in [6.45, 7) is 6.23. The second kappa shape index (κ2) is 7.26. The van der Waals surface area contributed by atoms with E-state index in [4.69, 9.17) is 0 Å². The molecule has 0 saturated carbocycles. The van der Waals surface area contributed by atoms with Gasteiger partial charge in [0.2, 0.25) is 0 Å². The fraction of sp³-hybridized carbons (Fsp3) is 0.692. The minimum Gasteiger partial charge on any atom is -0.391 e. The third-order valence-electron chi connectivity index (χ3n) is 3.27. The Morgan fingerprint density at radius 2 is 1.94 bits per heavy atom. The van der Waals surface area contributed by atoms with Crippen molar-refractivity contribution in [2.45, 2.75) is 46.1 Å². The van der Waals surface area contributed by atoms with Gasteiger partial charge in [0.25, 0.3) is 0 Å². The van der Waals surface area contributed by atoms with Crippen molar-refractivity contribution in [1.82, 2.24) is 9.97 Å². The van der Waals surface area contributed by atoms with Gasteiger partial charge >= 0.3 is 0 Å². The van der Waals surface area contributed by atoms with E-state index < -0.39 is 11.9 Å². The number of aromatic nitrogens is 2. The molecule has 102 valence electrons. The largest absolute Gasteiger partial charge is 0.391 e. The molecule has 1 rings (SSSR count). The molecule has 0 radical (unpaired) electrons. The number of halogens is 1. The Morgan fingerprint density at radius 3 is 2.50 bits per heavy atom. The minimum atomic E-state index is -0.487. The maximum Gasteiger partial charge on any atom is 0.186 e. The number of hydrogen-bond acceptors (Lipinski definition) is 4. The van der Waals surface area contributed by atoms with Gasteiger partial charge in [0, 0.05) is 6.54 Å². The molecule has 0 aliphatic carbocycles. The van der Waals surface area contributed by atoms with Crippen LogP contribution in [0.15, 0.2) is 6.33 Å². The van der Waals surface area contributed by atoms with Crippen LogP contribution in [0.25, 0.3) is 0 Å². The van der Waals surface area contributed by atoms with Gasteiger partial charge in [0.1, 0.15) is 6.33 Å². The second-order valence-corrected chi connectivity index (χ2v) is 4.36. The van der Waals surface area contributed by atoms with Crippen molar-refractivity contribution in [2.24, 2.45) is 5.92 Å². The summed E-state index contributed by atoms with van der Waals surface area (Å²) in [7, 11) is 0. The summed E-state index contributed by atoms with van der Waals surface area (Å²) in [4.78, 5) is 7.72. The molecule has 0 fully saturated rings. The van der Waals surface area contributed by atoms with Gasteiger partial charge in [0.05, 0.1) is 11.8 Å². The summed E-state index contributed by atoms with van der Waals surface area (Å²) in [5.74, 6) is -0.0170. The molecule has 1 heterocycles. The lowest BCUT2D eigenvalue weighted by molar-refractivity contribution is 0.114. The molecule has 0 aliphatic rings. The van der Waals surface area contributed by atoms with Gasteiger partial charge in [-0.25, -0.2) is 14.4 Å². The molecule has 0 amide bonds. The fourth-order valence-corrected chi connectivity index (χ4v) is 1.98. The molecule has 0 spiro atoms. The van der Waals surface area contributed by atoms with Gasteiger partial charge in [-0.2, -0.15) is 0 Å². The molecule has 1 aromatic rings. The number of hydrogen-bond donors (Lipinski definition) is 2. The molecular weight excluding hydrogens is 233 g/mol. The lowest BCUT2D eigenvalue weighted by Crippen LogP contribution is -2.28. The highest BCUT2D eigenvalue weighted by molar-refractivity contribution is 5.37. The van der Waals surface area contributed by atoms with E-state index in [1.54, 1.807) is 0 Å². The highest BCUT2D eigenvalue weighted by Gasteiger charge is 2.16. The van der Waals surface area contributed by atoms with Crippen molar-refractivity contribution in [2.75, 3.05) is 11.9 Å². The first-order chi connectivity index (χ1) is 8.63. The summed E-state index contributed by atoms with van der Waals surface area (Å²) in [6, 6.07) is 0. The molecule has 2 N–H and O–H groups in total. The maximum absolute atomic E-state index is 13.8. The Balaban J connectivity index is 2.63. The third-order valence-corrected chi connectivity index (χ3v) is 3.27. The summed E-state index contributed by atoms with van der Waals surface area (Å²) in [5, 5.41) is 12.8. The minimum absolute atomic E-state index is 0.173. The molecule has 0 aliphatic heterocycles. The summed E-state index contributed by atoms with van der Waals surface area (Å²) in [6.07, 6.45) is 3.20. The normalized spacial score (nSPS) is 12.8. The second-order valence-electron chi connectivity index (χ2n) is 4.36. The number of rotatable bonds is 7. The van der Waals surface area contributed by atoms with Gasteiger partial charge in [-0.15, -0.1) is 0 Å². The van der Waals surface area contributed by atoms with Crippen molar-refractivity contribution in [1.29, 1.82) is 0 Å². The van der Waals surface area contributed by atoms with E-state index in [1.165, 1.54) is 6.33 Å². The molecule has 1 unspecified atom stereocenters. The zero-order valence-electron chi connectivity index (χ0n) is 11.3. The number of aliphatic hydroxyl groups excluding tert-OH is 1. The van der Waals surface area contributed by atoms with Crippen LogP contribution in [-0.4, -0.2) is 27.7 Å². The van der Waals surface area contributed by atoms with Crippen LogP contribution in [0.2, 0.25) is 0 Å². The van der Waals surface area contributed by atoms with Crippen LogP contribution < -0.4 is 5.32 Å². The van der Waals surface area contributed by atoms with Crippen LogP contribution in [0, 0.1) is 11.7 Å². The average molecular weight is 255 g/mol. The average Bonchev–Trinajstić information content (AvgIpc) is 2.39. The van der Waals surface area contributed by atoms with Gasteiger partial charge in [-0.1, -0.05) is 33.6 Å². The molecular formula is C13H22FN3O. The van der Waals surface area contributed by atoms with Crippen LogP contribution in [0.5, 0.6) is 0 Å². The smallest absolute Gasteiger partial charge is 0.186 e. The van der Waals surface area contributed by atoms with Crippen molar-refractivity contribution in [3.8, 4) is 0 Å². The molecule has 0 saturated heterocycles. The van der Waals surface area contributed by atoms with Crippen LogP contribution in [-0.2, 0) is 6.42 Å². The molecule has 1 atom stereocenters. The molecule has 4 nitrogen and oxygen atoms in total. The zero-order chi connectivity index (χ0) is 13.5. The number of aliphatic hydroxyl groups is 1. The van der Waals surface area contributed by atoms with Crippen LogP contribution in [0.1, 0.15) is 39.3 Å². The van der Waals surface area contributed by atoms with E-state index in [-0.39, 0.29) is 11.7 Å². The number of anilines is 1. The van der Waals surface area contributed by atoms with Crippen LogP contribution >= 0.6 is 0 Å². The molecule has 5 heteroatoms. The lowest BCUT2D eigenvalue weighted by atomic mass is 9.96. The Bertz CT molecular complexity index is 369. The Hall–Kier alpha value is -1.23. The van der Waals surface area contributed by atoms with Gasteiger partial charge in [0.15, 0.2) is 11.6 Å². The lowest BCUT2D eigenvalue weighted by Gasteiger charge is -2.20. The molecule has 0 aromatic carbocycles. The van der Waals surface area contributed by atoms with Gasteiger partial charge < -0.3 is 10.4 Å². The first kappa shape index (κ1) is 14.8. The number of aryl methyl sites for hydroxylation is 1. The Morgan fingerprint density at radius 1 is 1.28 bits per heavy atom. The van der Waals surface area contributed by atoms with E-state index >= 15 is 0 Å². The molecule has 18 heavy (non-hydrogen) atoms. The quantitative estimate of drug-likeness (QED) is 0.785. The number of nitrogens with one attached hydrogen (secondary N) is 1. The Kier molecular flexibility index (Phi) is 5.98. The maximum atomic E-state index is 13.8. The predicted molar refractivity (Wildman–Crippen MR) is 69.9 cm³/mol. The standard InChI is InChI=1S/C13H22FN3O/c1-4-9(5-2)11(18)7-15-13-12(14)10(6-3)16-8-17-13/h8-9,11,18H,4-7H2,1-3H3,(H,15,16,17). The molecule has 1 aromatic heterocycles. The highest BCUT2D eigenvalue weighted by atomic mass is 19.1. The van der Waals surface area contributed by atoms with Crippen molar-refractivity contribution in [3.05, 3.63) is 17.8 Å². The fourth-order valence-electron chi connectivity index (χ4n) is 1.98. The van der Waals surface area contributed by atoms with Crippen molar-refractivity contribution in [3.63, 3.8) is 0 Å². The topological polar surface area (TPSA) is 58.0 Å². The monoisotopic (exact) mass is 255 g/mol. The third kappa shape index (κ3) is 3.63. The van der Waals surface area contributed by atoms with E-state index in [9.17, 15) is 9.50 Å². The highest BCUT2D eigenvalue weighted by Crippen LogP contribution is 2.16. The van der Waals surface area contributed by atoms with Crippen molar-refractivity contribution < 1.29 is 9.50 Å². The summed E-state index contributed by atoms with van der Waals surface area (Å²) >= 11 is 0.